The monoisotopic (exact) mass is 427 g/mol. The molecule has 2 aromatic carbocycles. The van der Waals surface area contributed by atoms with Crippen molar-refractivity contribution in [3.63, 3.8) is 0 Å². The summed E-state index contributed by atoms with van der Waals surface area (Å²) in [5.74, 6) is -0.372. The summed E-state index contributed by atoms with van der Waals surface area (Å²) in [7, 11) is -3.84. The predicted molar refractivity (Wildman–Crippen MR) is 102 cm³/mol. The van der Waals surface area contributed by atoms with Crippen molar-refractivity contribution in [3.8, 4) is 6.07 Å². The fourth-order valence-corrected chi connectivity index (χ4v) is 5.59. The molecule has 1 unspecified atom stereocenters. The largest absolute Gasteiger partial charge is 0.282 e. The van der Waals surface area contributed by atoms with E-state index < -0.39 is 16.1 Å². The normalized spacial score (nSPS) is 17.4. The molecular weight excluding hydrogens is 412 g/mol. The minimum Gasteiger partial charge on any atom is -0.282 e. The fourth-order valence-electron chi connectivity index (χ4n) is 3.07. The number of benzene rings is 2. The minimum atomic E-state index is -3.84. The molecule has 1 saturated heterocycles. The van der Waals surface area contributed by atoms with Gasteiger partial charge in [-0.2, -0.15) is 9.57 Å². The van der Waals surface area contributed by atoms with E-state index >= 15 is 0 Å². The van der Waals surface area contributed by atoms with Crippen molar-refractivity contribution in [1.82, 2.24) is 9.21 Å². The molecule has 0 bridgehead atoms. The van der Waals surface area contributed by atoms with Crippen molar-refractivity contribution in [1.29, 1.82) is 5.26 Å². The van der Waals surface area contributed by atoms with E-state index in [1.165, 1.54) is 28.6 Å². The molecule has 5 nitrogen and oxygen atoms in total. The lowest BCUT2D eigenvalue weighted by Crippen LogP contribution is -2.49. The van der Waals surface area contributed by atoms with Gasteiger partial charge in [-0.1, -0.05) is 41.4 Å². The van der Waals surface area contributed by atoms with Crippen LogP contribution in [0.4, 0.5) is 4.39 Å². The summed E-state index contributed by atoms with van der Waals surface area (Å²) in [4.78, 5) is 1.77. The van der Waals surface area contributed by atoms with Gasteiger partial charge in [-0.15, -0.1) is 0 Å². The van der Waals surface area contributed by atoms with Gasteiger partial charge in [-0.25, -0.2) is 12.8 Å². The van der Waals surface area contributed by atoms with Gasteiger partial charge in [0.15, 0.2) is 0 Å². The Hall–Kier alpha value is -1.69. The maximum absolute atomic E-state index is 13.1. The first kappa shape index (κ1) is 20.1. The molecule has 1 aliphatic rings. The number of nitriles is 1. The van der Waals surface area contributed by atoms with Gasteiger partial charge in [0.05, 0.1) is 16.1 Å². The summed E-state index contributed by atoms with van der Waals surface area (Å²) in [6.45, 7) is 1.11. The Bertz CT molecular complexity index is 949. The van der Waals surface area contributed by atoms with Crippen LogP contribution in [0.3, 0.4) is 0 Å². The van der Waals surface area contributed by atoms with Gasteiger partial charge in [-0.3, -0.25) is 4.90 Å². The molecule has 1 fully saturated rings. The molecule has 0 saturated carbocycles. The van der Waals surface area contributed by atoms with Crippen molar-refractivity contribution in [2.24, 2.45) is 0 Å². The van der Waals surface area contributed by atoms with Crippen LogP contribution in [0.2, 0.25) is 10.0 Å². The first-order chi connectivity index (χ1) is 12.8. The highest BCUT2D eigenvalue weighted by Crippen LogP contribution is 2.32. The van der Waals surface area contributed by atoms with Gasteiger partial charge >= 0.3 is 0 Å². The van der Waals surface area contributed by atoms with E-state index in [2.05, 4.69) is 6.07 Å². The van der Waals surface area contributed by atoms with Gasteiger partial charge in [0.1, 0.15) is 16.8 Å². The molecule has 142 valence electrons. The van der Waals surface area contributed by atoms with Gasteiger partial charge < -0.3 is 0 Å². The molecule has 1 aliphatic heterocycles. The zero-order valence-electron chi connectivity index (χ0n) is 14.1. The van der Waals surface area contributed by atoms with E-state index in [4.69, 9.17) is 23.2 Å². The van der Waals surface area contributed by atoms with Crippen molar-refractivity contribution in [2.45, 2.75) is 10.9 Å². The van der Waals surface area contributed by atoms with Gasteiger partial charge in [0, 0.05) is 26.2 Å². The van der Waals surface area contributed by atoms with E-state index in [-0.39, 0.29) is 33.8 Å². The molecule has 0 N–H and O–H groups in total. The number of sulfonamides is 1. The SMILES string of the molecule is N#CC(c1ccc(F)cc1)N1CCN(S(=O)(=O)c2c(Cl)cccc2Cl)CC1. The molecular formula is C18H16Cl2FN3O2S. The fraction of sp³-hybridized carbons (Fsp3) is 0.278. The Balaban J connectivity index is 1.76. The maximum Gasteiger partial charge on any atom is 0.246 e. The Labute approximate surface area is 167 Å². The number of hydrogen-bond acceptors (Lipinski definition) is 4. The van der Waals surface area contributed by atoms with E-state index in [0.717, 1.165) is 0 Å². The van der Waals surface area contributed by atoms with Gasteiger partial charge in [-0.05, 0) is 29.8 Å². The van der Waals surface area contributed by atoms with E-state index in [1.54, 1.807) is 18.2 Å². The highest BCUT2D eigenvalue weighted by molar-refractivity contribution is 7.89. The highest BCUT2D eigenvalue weighted by atomic mass is 35.5. The third kappa shape index (κ3) is 4.10. The molecule has 1 heterocycles. The molecule has 0 spiro atoms. The number of nitrogens with zero attached hydrogens (tertiary/aromatic N) is 3. The average molecular weight is 428 g/mol. The third-order valence-electron chi connectivity index (χ3n) is 4.46. The van der Waals surface area contributed by atoms with Crippen LogP contribution in [-0.4, -0.2) is 43.8 Å². The lowest BCUT2D eigenvalue weighted by atomic mass is 10.1. The summed E-state index contributed by atoms with van der Waals surface area (Å²) in [5.41, 5.74) is 0.671. The lowest BCUT2D eigenvalue weighted by molar-refractivity contribution is 0.162. The maximum atomic E-state index is 13.1. The average Bonchev–Trinajstić information content (AvgIpc) is 2.64. The molecule has 0 aliphatic carbocycles. The Morgan fingerprint density at radius 3 is 2.07 bits per heavy atom. The van der Waals surface area contributed by atoms with Crippen LogP contribution in [0.1, 0.15) is 11.6 Å². The first-order valence-electron chi connectivity index (χ1n) is 8.18. The van der Waals surface area contributed by atoms with Crippen LogP contribution < -0.4 is 0 Å². The van der Waals surface area contributed by atoms with Crippen molar-refractivity contribution in [2.75, 3.05) is 26.2 Å². The van der Waals surface area contributed by atoms with E-state index in [1.807, 2.05) is 4.90 Å². The second kappa shape index (κ2) is 8.13. The van der Waals surface area contributed by atoms with Crippen molar-refractivity contribution in [3.05, 3.63) is 63.9 Å². The Kier molecular flexibility index (Phi) is 6.04. The standard InChI is InChI=1S/C18H16Cl2FN3O2S/c19-15-2-1-3-16(20)18(15)27(25,26)24-10-8-23(9-11-24)17(12-22)13-4-6-14(21)7-5-13/h1-7,17H,8-11H2. The summed E-state index contributed by atoms with van der Waals surface area (Å²) < 4.78 is 40.3. The first-order valence-corrected chi connectivity index (χ1v) is 10.4. The minimum absolute atomic E-state index is 0.0751. The van der Waals surface area contributed by atoms with Gasteiger partial charge in [0.2, 0.25) is 10.0 Å². The quantitative estimate of drug-likeness (QED) is 0.745. The van der Waals surface area contributed by atoms with Crippen LogP contribution in [0, 0.1) is 17.1 Å². The Morgan fingerprint density at radius 1 is 1.00 bits per heavy atom. The Morgan fingerprint density at radius 2 is 1.56 bits per heavy atom. The summed E-state index contributed by atoms with van der Waals surface area (Å²) in [5, 5.41) is 9.68. The van der Waals surface area contributed by atoms with Crippen LogP contribution in [-0.2, 0) is 10.0 Å². The topological polar surface area (TPSA) is 64.4 Å². The summed E-state index contributed by atoms with van der Waals surface area (Å²) in [6, 6.07) is 11.9. The smallest absolute Gasteiger partial charge is 0.246 e. The number of rotatable bonds is 4. The van der Waals surface area contributed by atoms with Crippen LogP contribution >= 0.6 is 23.2 Å². The number of piperazine rings is 1. The summed E-state index contributed by atoms with van der Waals surface area (Å²) >= 11 is 12.1. The van der Waals surface area contributed by atoms with Crippen molar-refractivity contribution < 1.29 is 12.8 Å². The van der Waals surface area contributed by atoms with Crippen molar-refractivity contribution >= 4 is 33.2 Å². The van der Waals surface area contributed by atoms with Crippen LogP contribution in [0.15, 0.2) is 47.4 Å². The second-order valence-corrected chi connectivity index (χ2v) is 8.76. The molecule has 0 aromatic heterocycles. The molecule has 3 rings (SSSR count). The zero-order chi connectivity index (χ0) is 19.6. The number of halogens is 3. The zero-order valence-corrected chi connectivity index (χ0v) is 16.5. The van der Waals surface area contributed by atoms with Crippen LogP contribution in [0.5, 0.6) is 0 Å². The highest BCUT2D eigenvalue weighted by Gasteiger charge is 2.33. The van der Waals surface area contributed by atoms with E-state index in [9.17, 15) is 18.1 Å². The third-order valence-corrected chi connectivity index (χ3v) is 7.32. The summed E-state index contributed by atoms with van der Waals surface area (Å²) in [6.07, 6.45) is 0. The molecule has 1 atom stereocenters. The molecule has 0 amide bonds. The molecule has 27 heavy (non-hydrogen) atoms. The number of hydrogen-bond donors (Lipinski definition) is 0. The predicted octanol–water partition coefficient (Wildman–Crippen LogP) is 3.70. The van der Waals surface area contributed by atoms with E-state index in [0.29, 0.717) is 18.7 Å². The van der Waals surface area contributed by atoms with Gasteiger partial charge in [0.25, 0.3) is 0 Å². The molecule has 0 radical (unpaired) electrons. The second-order valence-electron chi connectivity index (χ2n) is 6.07. The van der Waals surface area contributed by atoms with Crippen LogP contribution in [0.25, 0.3) is 0 Å². The molecule has 2 aromatic rings. The lowest BCUT2D eigenvalue weighted by Gasteiger charge is -2.36. The molecule has 9 heteroatoms.